The van der Waals surface area contributed by atoms with Crippen molar-refractivity contribution in [1.29, 1.82) is 0 Å². The van der Waals surface area contributed by atoms with Crippen LogP contribution in [-0.4, -0.2) is 35.3 Å². The van der Waals surface area contributed by atoms with Gasteiger partial charge < -0.3 is 4.90 Å². The van der Waals surface area contributed by atoms with Gasteiger partial charge in [-0.15, -0.1) is 11.6 Å². The number of hydrogen-bond donors (Lipinski definition) is 1. The Morgan fingerprint density at radius 1 is 1.33 bits per heavy atom. The second-order valence-electron chi connectivity index (χ2n) is 5.10. The van der Waals surface area contributed by atoms with E-state index in [0.29, 0.717) is 0 Å². The van der Waals surface area contributed by atoms with Gasteiger partial charge in [-0.25, -0.2) is 4.79 Å². The molecular weight excluding hydrogens is 252 g/mol. The normalized spacial score (nSPS) is 25.3. The van der Waals surface area contributed by atoms with Crippen molar-refractivity contribution in [2.75, 3.05) is 7.05 Å². The third-order valence-corrected chi connectivity index (χ3v) is 4.05. The molecule has 1 atom stereocenters. The Bertz CT molecular complexity index is 299. The largest absolute Gasteiger partial charge is 0.325 e. The zero-order chi connectivity index (χ0) is 13.7. The molecule has 0 heterocycles. The molecule has 3 amide bonds. The standard InChI is InChI=1S/C13H23ClN2O2/c1-4-10-5-7-11(8-6-10)16(3)13(18)15-12(17)9(2)14/h9-11H,4-8H2,1-3H3,(H,15,17,18). The Morgan fingerprint density at radius 2 is 1.89 bits per heavy atom. The lowest BCUT2D eigenvalue weighted by Crippen LogP contribution is -2.48. The first-order chi connectivity index (χ1) is 8.45. The summed E-state index contributed by atoms with van der Waals surface area (Å²) in [6, 6.07) is -0.0984. The number of alkyl halides is 1. The SMILES string of the molecule is CCC1CCC(N(C)C(=O)NC(=O)C(C)Cl)CC1. The van der Waals surface area contributed by atoms with E-state index in [9.17, 15) is 9.59 Å². The molecular formula is C13H23ClN2O2. The van der Waals surface area contributed by atoms with E-state index >= 15 is 0 Å². The number of amides is 3. The molecule has 1 rings (SSSR count). The van der Waals surface area contributed by atoms with Crippen LogP contribution in [0.4, 0.5) is 4.79 Å². The van der Waals surface area contributed by atoms with Gasteiger partial charge in [-0.1, -0.05) is 13.3 Å². The van der Waals surface area contributed by atoms with Gasteiger partial charge in [0.1, 0.15) is 5.38 Å². The van der Waals surface area contributed by atoms with Crippen LogP contribution < -0.4 is 5.32 Å². The molecule has 0 radical (unpaired) electrons. The van der Waals surface area contributed by atoms with Gasteiger partial charge in [-0.3, -0.25) is 10.1 Å². The van der Waals surface area contributed by atoms with E-state index in [1.807, 2.05) is 0 Å². The van der Waals surface area contributed by atoms with E-state index in [4.69, 9.17) is 11.6 Å². The van der Waals surface area contributed by atoms with Crippen LogP contribution in [-0.2, 0) is 4.79 Å². The Balaban J connectivity index is 2.42. The number of imide groups is 1. The average Bonchev–Trinajstić information content (AvgIpc) is 2.37. The highest BCUT2D eigenvalue weighted by Gasteiger charge is 2.26. The summed E-state index contributed by atoms with van der Waals surface area (Å²) in [5.74, 6) is 0.359. The number of hydrogen-bond acceptors (Lipinski definition) is 2. The highest BCUT2D eigenvalue weighted by Crippen LogP contribution is 2.28. The minimum atomic E-state index is -0.682. The van der Waals surface area contributed by atoms with Crippen molar-refractivity contribution < 1.29 is 9.59 Å². The van der Waals surface area contributed by atoms with Gasteiger partial charge in [0, 0.05) is 13.1 Å². The van der Waals surface area contributed by atoms with Gasteiger partial charge in [0.05, 0.1) is 0 Å². The third-order valence-electron chi connectivity index (χ3n) is 3.85. The van der Waals surface area contributed by atoms with Crippen LogP contribution in [0.1, 0.15) is 46.0 Å². The van der Waals surface area contributed by atoms with Crippen LogP contribution in [0.15, 0.2) is 0 Å². The monoisotopic (exact) mass is 274 g/mol. The molecule has 5 heteroatoms. The lowest BCUT2D eigenvalue weighted by atomic mass is 9.84. The van der Waals surface area contributed by atoms with E-state index in [-0.39, 0.29) is 12.1 Å². The van der Waals surface area contributed by atoms with Crippen LogP contribution in [0.3, 0.4) is 0 Å². The van der Waals surface area contributed by atoms with Gasteiger partial charge in [0.15, 0.2) is 0 Å². The molecule has 0 aromatic rings. The highest BCUT2D eigenvalue weighted by atomic mass is 35.5. The molecule has 0 spiro atoms. The van der Waals surface area contributed by atoms with E-state index in [1.54, 1.807) is 18.9 Å². The molecule has 1 aliphatic carbocycles. The topological polar surface area (TPSA) is 49.4 Å². The molecule has 0 saturated heterocycles. The lowest BCUT2D eigenvalue weighted by Gasteiger charge is -2.34. The lowest BCUT2D eigenvalue weighted by molar-refractivity contribution is -0.119. The summed E-state index contributed by atoms with van der Waals surface area (Å²) in [7, 11) is 1.75. The summed E-state index contributed by atoms with van der Waals surface area (Å²) in [6.07, 6.45) is 5.59. The number of nitrogens with one attached hydrogen (secondary N) is 1. The first-order valence-corrected chi connectivity index (χ1v) is 7.11. The molecule has 1 fully saturated rings. The molecule has 1 saturated carbocycles. The molecule has 0 bridgehead atoms. The van der Waals surface area contributed by atoms with Crippen molar-refractivity contribution >= 4 is 23.5 Å². The zero-order valence-electron chi connectivity index (χ0n) is 11.4. The number of halogens is 1. The first kappa shape index (κ1) is 15.3. The summed E-state index contributed by atoms with van der Waals surface area (Å²) < 4.78 is 0. The third kappa shape index (κ3) is 4.16. The summed E-state index contributed by atoms with van der Waals surface area (Å²) in [5, 5.41) is 1.64. The van der Waals surface area contributed by atoms with E-state index in [2.05, 4.69) is 12.2 Å². The summed E-state index contributed by atoms with van der Waals surface area (Å²) in [4.78, 5) is 24.8. The van der Waals surface area contributed by atoms with Crippen molar-refractivity contribution in [3.63, 3.8) is 0 Å². The molecule has 0 aromatic heterocycles. The van der Waals surface area contributed by atoms with Crippen molar-refractivity contribution in [3.05, 3.63) is 0 Å². The van der Waals surface area contributed by atoms with Crippen LogP contribution in [0.2, 0.25) is 0 Å². The van der Waals surface area contributed by atoms with Gasteiger partial charge in [0.2, 0.25) is 5.91 Å². The number of carbonyl (C=O) groups excluding carboxylic acids is 2. The molecule has 18 heavy (non-hydrogen) atoms. The maximum Gasteiger partial charge on any atom is 0.324 e. The summed E-state index contributed by atoms with van der Waals surface area (Å²) >= 11 is 5.62. The van der Waals surface area contributed by atoms with Crippen molar-refractivity contribution in [3.8, 4) is 0 Å². The van der Waals surface area contributed by atoms with E-state index in [0.717, 1.165) is 18.8 Å². The van der Waals surface area contributed by atoms with Gasteiger partial charge in [0.25, 0.3) is 0 Å². The smallest absolute Gasteiger partial charge is 0.324 e. The maximum absolute atomic E-state index is 11.8. The summed E-state index contributed by atoms with van der Waals surface area (Å²) in [6.45, 7) is 3.76. The quantitative estimate of drug-likeness (QED) is 0.805. The molecule has 104 valence electrons. The Hall–Kier alpha value is -0.770. The van der Waals surface area contributed by atoms with Gasteiger partial charge in [-0.2, -0.15) is 0 Å². The maximum atomic E-state index is 11.8. The molecule has 1 unspecified atom stereocenters. The highest BCUT2D eigenvalue weighted by molar-refractivity contribution is 6.31. The van der Waals surface area contributed by atoms with Crippen molar-refractivity contribution in [2.24, 2.45) is 5.92 Å². The van der Waals surface area contributed by atoms with E-state index < -0.39 is 11.3 Å². The number of carbonyl (C=O) groups is 2. The molecule has 4 nitrogen and oxygen atoms in total. The van der Waals surface area contributed by atoms with Crippen LogP contribution in [0, 0.1) is 5.92 Å². The fourth-order valence-corrected chi connectivity index (χ4v) is 2.45. The Morgan fingerprint density at radius 3 is 2.33 bits per heavy atom. The predicted octanol–water partition coefficient (Wildman–Crippen LogP) is 2.75. The average molecular weight is 275 g/mol. The van der Waals surface area contributed by atoms with Gasteiger partial charge in [-0.05, 0) is 38.5 Å². The molecule has 0 aliphatic heterocycles. The molecule has 0 aromatic carbocycles. The first-order valence-electron chi connectivity index (χ1n) is 6.67. The van der Waals surface area contributed by atoms with E-state index in [1.165, 1.54) is 19.3 Å². The molecule has 1 N–H and O–H groups in total. The minimum Gasteiger partial charge on any atom is -0.325 e. The van der Waals surface area contributed by atoms with Crippen molar-refractivity contribution in [2.45, 2.75) is 57.4 Å². The predicted molar refractivity (Wildman–Crippen MR) is 72.7 cm³/mol. The number of urea groups is 1. The van der Waals surface area contributed by atoms with Crippen molar-refractivity contribution in [1.82, 2.24) is 10.2 Å². The minimum absolute atomic E-state index is 0.242. The van der Waals surface area contributed by atoms with Crippen LogP contribution in [0.5, 0.6) is 0 Å². The second-order valence-corrected chi connectivity index (χ2v) is 5.76. The fourth-order valence-electron chi connectivity index (χ4n) is 2.40. The fraction of sp³-hybridized carbons (Fsp3) is 0.846. The Labute approximate surface area is 114 Å². The molecule has 1 aliphatic rings. The zero-order valence-corrected chi connectivity index (χ0v) is 12.2. The summed E-state index contributed by atoms with van der Waals surface area (Å²) in [5.41, 5.74) is 0. The number of nitrogens with zero attached hydrogens (tertiary/aromatic N) is 1. The second kappa shape index (κ2) is 6.98. The van der Waals surface area contributed by atoms with Gasteiger partial charge >= 0.3 is 6.03 Å². The van der Waals surface area contributed by atoms with Crippen LogP contribution in [0.25, 0.3) is 0 Å². The van der Waals surface area contributed by atoms with Crippen LogP contribution >= 0.6 is 11.6 Å². The number of rotatable bonds is 3. The Kier molecular flexibility index (Phi) is 5.93.